The minimum Gasteiger partial charge on any atom is -0.388 e. The van der Waals surface area contributed by atoms with Gasteiger partial charge in [0.15, 0.2) is 0 Å². The van der Waals surface area contributed by atoms with E-state index in [1.54, 1.807) is 0 Å². The average Bonchev–Trinajstić information content (AvgIpc) is 2.76. The lowest BCUT2D eigenvalue weighted by Crippen LogP contribution is -2.60. The molecule has 0 amide bonds. The summed E-state index contributed by atoms with van der Waals surface area (Å²) in [6.45, 7) is 6.42. The van der Waals surface area contributed by atoms with E-state index in [-0.39, 0.29) is 10.8 Å². The summed E-state index contributed by atoms with van der Waals surface area (Å²) in [5, 5.41) is 17.9. The van der Waals surface area contributed by atoms with E-state index < -0.39 is 0 Å². The Bertz CT molecular complexity index is 1090. The predicted octanol–water partition coefficient (Wildman–Crippen LogP) is 6.98. The number of hydrogen-bond donors (Lipinski definition) is 0. The third-order valence-electron chi connectivity index (χ3n) is 8.85. The SMILES string of the molecule is CCCC12CC3CC(c4ccc(OC#N)c(C)c4)(C1)CC(c1ccc(OC#N)c(C)c1)(C3)C2. The van der Waals surface area contributed by atoms with Crippen LogP contribution in [0.4, 0.5) is 0 Å². The highest BCUT2D eigenvalue weighted by Crippen LogP contribution is 2.71. The van der Waals surface area contributed by atoms with Crippen LogP contribution in [0.15, 0.2) is 36.4 Å². The molecular formula is C29H32N2O2. The fraction of sp³-hybridized carbons (Fsp3) is 0.517. The van der Waals surface area contributed by atoms with Gasteiger partial charge in [0.05, 0.1) is 0 Å². The third-order valence-corrected chi connectivity index (χ3v) is 8.85. The second kappa shape index (κ2) is 7.81. The lowest BCUT2D eigenvalue weighted by Gasteiger charge is -2.67. The summed E-state index contributed by atoms with van der Waals surface area (Å²) in [6, 6.07) is 13.0. The van der Waals surface area contributed by atoms with Crippen LogP contribution >= 0.6 is 0 Å². The molecule has 4 aliphatic rings. The molecule has 0 aliphatic heterocycles. The van der Waals surface area contributed by atoms with Crippen molar-refractivity contribution in [2.45, 2.75) is 83.0 Å². The van der Waals surface area contributed by atoms with E-state index >= 15 is 0 Å². The Morgan fingerprint density at radius 2 is 1.33 bits per heavy atom. The van der Waals surface area contributed by atoms with Crippen molar-refractivity contribution in [2.24, 2.45) is 11.3 Å². The van der Waals surface area contributed by atoms with Crippen LogP contribution in [-0.4, -0.2) is 0 Å². The molecule has 0 aromatic heterocycles. The number of benzene rings is 2. The summed E-state index contributed by atoms with van der Waals surface area (Å²) < 4.78 is 10.3. The smallest absolute Gasteiger partial charge is 0.292 e. The molecule has 2 aromatic rings. The van der Waals surface area contributed by atoms with Crippen molar-refractivity contribution >= 4 is 0 Å². The van der Waals surface area contributed by atoms with E-state index in [0.717, 1.165) is 23.5 Å². The minimum atomic E-state index is 0.167. The Labute approximate surface area is 197 Å². The Morgan fingerprint density at radius 3 is 1.76 bits per heavy atom. The maximum atomic E-state index is 8.97. The number of hydrogen-bond acceptors (Lipinski definition) is 4. The largest absolute Gasteiger partial charge is 0.388 e. The molecule has 4 fully saturated rings. The second-order valence-corrected chi connectivity index (χ2v) is 11.2. The molecule has 0 radical (unpaired) electrons. The molecule has 4 nitrogen and oxygen atoms in total. The van der Waals surface area contributed by atoms with Gasteiger partial charge in [-0.05, 0) is 115 Å². The molecule has 4 aliphatic carbocycles. The van der Waals surface area contributed by atoms with Crippen LogP contribution in [0.1, 0.15) is 80.5 Å². The monoisotopic (exact) mass is 440 g/mol. The van der Waals surface area contributed by atoms with Crippen LogP contribution in [-0.2, 0) is 10.8 Å². The molecule has 0 spiro atoms. The van der Waals surface area contributed by atoms with Crippen molar-refractivity contribution in [2.75, 3.05) is 0 Å². The van der Waals surface area contributed by atoms with Gasteiger partial charge in [0.2, 0.25) is 0 Å². The van der Waals surface area contributed by atoms with Gasteiger partial charge < -0.3 is 9.47 Å². The summed E-state index contributed by atoms with van der Waals surface area (Å²) >= 11 is 0. The van der Waals surface area contributed by atoms with E-state index in [4.69, 9.17) is 20.0 Å². The van der Waals surface area contributed by atoms with Gasteiger partial charge in [-0.25, -0.2) is 0 Å². The second-order valence-electron chi connectivity index (χ2n) is 11.2. The summed E-state index contributed by atoms with van der Waals surface area (Å²) in [4.78, 5) is 0. The quantitative estimate of drug-likeness (QED) is 0.454. The van der Waals surface area contributed by atoms with Gasteiger partial charge >= 0.3 is 0 Å². The van der Waals surface area contributed by atoms with Gasteiger partial charge in [0.25, 0.3) is 12.5 Å². The van der Waals surface area contributed by atoms with Gasteiger partial charge in [0.1, 0.15) is 11.5 Å². The van der Waals surface area contributed by atoms with E-state index in [9.17, 15) is 0 Å². The molecule has 170 valence electrons. The molecule has 33 heavy (non-hydrogen) atoms. The lowest BCUT2D eigenvalue weighted by atomic mass is 9.37. The minimum absolute atomic E-state index is 0.167. The molecule has 2 atom stereocenters. The van der Waals surface area contributed by atoms with Gasteiger partial charge in [-0.2, -0.15) is 0 Å². The van der Waals surface area contributed by atoms with Gasteiger partial charge in [-0.3, -0.25) is 0 Å². The topological polar surface area (TPSA) is 66.0 Å². The van der Waals surface area contributed by atoms with E-state index in [0.29, 0.717) is 16.9 Å². The summed E-state index contributed by atoms with van der Waals surface area (Å²) in [5.41, 5.74) is 5.63. The van der Waals surface area contributed by atoms with E-state index in [1.807, 2.05) is 38.5 Å². The first-order valence-electron chi connectivity index (χ1n) is 12.2. The highest BCUT2D eigenvalue weighted by atomic mass is 16.5. The molecule has 4 bridgehead atoms. The van der Waals surface area contributed by atoms with Gasteiger partial charge in [-0.1, -0.05) is 37.6 Å². The molecule has 4 saturated carbocycles. The highest BCUT2D eigenvalue weighted by Gasteiger charge is 2.63. The van der Waals surface area contributed by atoms with Crippen molar-refractivity contribution < 1.29 is 9.47 Å². The molecular weight excluding hydrogens is 408 g/mol. The number of nitrogens with zero attached hydrogens (tertiary/aromatic N) is 2. The Morgan fingerprint density at radius 1 is 0.818 bits per heavy atom. The summed E-state index contributed by atoms with van der Waals surface area (Å²) in [6.07, 6.45) is 13.7. The van der Waals surface area contributed by atoms with Crippen molar-refractivity contribution in [3.05, 3.63) is 58.7 Å². The summed E-state index contributed by atoms with van der Waals surface area (Å²) in [7, 11) is 0. The number of aryl methyl sites for hydroxylation is 2. The van der Waals surface area contributed by atoms with Gasteiger partial charge in [-0.15, -0.1) is 10.5 Å². The van der Waals surface area contributed by atoms with Crippen molar-refractivity contribution in [3.8, 4) is 24.0 Å². The van der Waals surface area contributed by atoms with Gasteiger partial charge in [0, 0.05) is 0 Å². The molecule has 6 rings (SSSR count). The van der Waals surface area contributed by atoms with E-state index in [1.165, 1.54) is 56.1 Å². The fourth-order valence-electron chi connectivity index (χ4n) is 8.38. The zero-order valence-corrected chi connectivity index (χ0v) is 19.9. The fourth-order valence-corrected chi connectivity index (χ4v) is 8.38. The van der Waals surface area contributed by atoms with Crippen LogP contribution in [0.5, 0.6) is 11.5 Å². The molecule has 4 heteroatoms. The molecule has 2 unspecified atom stereocenters. The van der Waals surface area contributed by atoms with E-state index in [2.05, 4.69) is 31.2 Å². The molecule has 0 N–H and O–H groups in total. The maximum Gasteiger partial charge on any atom is 0.292 e. The Hall–Kier alpha value is -2.98. The maximum absolute atomic E-state index is 8.97. The van der Waals surface area contributed by atoms with Crippen molar-refractivity contribution in [1.82, 2.24) is 0 Å². The van der Waals surface area contributed by atoms with Crippen molar-refractivity contribution in [1.29, 1.82) is 10.5 Å². The average molecular weight is 441 g/mol. The van der Waals surface area contributed by atoms with Crippen LogP contribution in [0.3, 0.4) is 0 Å². The Kier molecular flexibility index (Phi) is 5.17. The first-order chi connectivity index (χ1) is 15.9. The number of ether oxygens (including phenoxy) is 2. The van der Waals surface area contributed by atoms with Crippen LogP contribution in [0.2, 0.25) is 0 Å². The summed E-state index contributed by atoms with van der Waals surface area (Å²) in [5.74, 6) is 2.05. The molecule has 2 aromatic carbocycles. The number of nitriles is 2. The normalized spacial score (nSPS) is 31.6. The van der Waals surface area contributed by atoms with Crippen molar-refractivity contribution in [3.63, 3.8) is 0 Å². The first-order valence-corrected chi connectivity index (χ1v) is 12.2. The zero-order valence-electron chi connectivity index (χ0n) is 19.9. The molecule has 0 heterocycles. The molecule has 0 saturated heterocycles. The zero-order chi connectivity index (χ0) is 23.3. The van der Waals surface area contributed by atoms with Crippen LogP contribution in [0.25, 0.3) is 0 Å². The predicted molar refractivity (Wildman–Crippen MR) is 127 cm³/mol. The lowest BCUT2D eigenvalue weighted by molar-refractivity contribution is -0.0944. The highest BCUT2D eigenvalue weighted by molar-refractivity contribution is 5.46. The van der Waals surface area contributed by atoms with Crippen LogP contribution in [0, 0.1) is 48.2 Å². The first kappa shape index (κ1) is 21.8. The Balaban J connectivity index is 1.61. The number of rotatable bonds is 6. The third kappa shape index (κ3) is 3.48. The standard InChI is InChI=1S/C29H32N2O2/c1-4-9-27-12-22-13-28(15-27,23-5-7-25(32-18-30)20(2)10-23)17-29(14-22,16-27)24-6-8-26(33-19-31)21(3)11-24/h5-8,10-11,22H,4,9,12-17H2,1-3H3. The van der Waals surface area contributed by atoms with Crippen LogP contribution < -0.4 is 9.47 Å².